The zero-order chi connectivity index (χ0) is 24.0. The van der Waals surface area contributed by atoms with E-state index < -0.39 is 18.1 Å². The number of aromatic nitrogens is 5. The summed E-state index contributed by atoms with van der Waals surface area (Å²) < 4.78 is 39.0. The molecule has 13 heteroatoms. The van der Waals surface area contributed by atoms with Gasteiger partial charge in [-0.3, -0.25) is 0 Å². The minimum Gasteiger partial charge on any atom is -0.476 e. The first-order chi connectivity index (χ1) is 15.6. The summed E-state index contributed by atoms with van der Waals surface area (Å²) in [6, 6.07) is 17.1. The van der Waals surface area contributed by atoms with E-state index in [1.807, 2.05) is 48.7 Å². The molecule has 0 saturated heterocycles. The van der Waals surface area contributed by atoms with Crippen molar-refractivity contribution < 1.29 is 37.7 Å². The lowest BCUT2D eigenvalue weighted by Gasteiger charge is -2.07. The average molecular weight is 461 g/mol. The van der Waals surface area contributed by atoms with E-state index in [9.17, 15) is 18.0 Å². The molecule has 170 valence electrons. The number of hydrogen-bond acceptors (Lipinski definition) is 6. The van der Waals surface area contributed by atoms with Gasteiger partial charge in [-0.1, -0.05) is 34.6 Å². The summed E-state index contributed by atoms with van der Waals surface area (Å²) in [5.74, 6) is -3.54. The van der Waals surface area contributed by atoms with E-state index in [0.717, 1.165) is 16.8 Å². The number of alkyl halides is 3. The van der Waals surface area contributed by atoms with E-state index in [2.05, 4.69) is 20.5 Å². The van der Waals surface area contributed by atoms with Crippen LogP contribution in [0.25, 0.3) is 16.8 Å². The van der Waals surface area contributed by atoms with E-state index in [1.165, 1.54) is 0 Å². The van der Waals surface area contributed by atoms with E-state index in [-0.39, 0.29) is 11.6 Å². The summed E-state index contributed by atoms with van der Waals surface area (Å²) in [6.07, 6.45) is -1.46. The first kappa shape index (κ1) is 23.0. The van der Waals surface area contributed by atoms with Crippen molar-refractivity contribution >= 4 is 11.9 Å². The standard InChI is InChI=1S/C18H13N5O3.C2HF3O2/c24-18(25)16-17(21-22-20-16)26-15-8-4-13(5-9-15)12-2-6-14(7-3-12)23-11-1-10-19-23;3-2(4,5)1(6)7/h1-11H,(H,24,25)(H,20,21,22);(H,6,7). The molecule has 4 rings (SSSR count). The molecule has 0 fully saturated rings. The number of benzene rings is 2. The number of aromatic amines is 1. The molecule has 3 N–H and O–H groups in total. The quantitative estimate of drug-likeness (QED) is 0.407. The van der Waals surface area contributed by atoms with Crippen LogP contribution in [0.3, 0.4) is 0 Å². The van der Waals surface area contributed by atoms with Crippen molar-refractivity contribution in [3.8, 4) is 28.4 Å². The predicted molar refractivity (Wildman–Crippen MR) is 106 cm³/mol. The number of carbonyl (C=O) groups is 2. The Labute approximate surface area is 182 Å². The monoisotopic (exact) mass is 461 g/mol. The van der Waals surface area contributed by atoms with Gasteiger partial charge in [0.2, 0.25) is 5.69 Å². The lowest BCUT2D eigenvalue weighted by Crippen LogP contribution is -2.21. The fourth-order valence-corrected chi connectivity index (χ4v) is 2.48. The fourth-order valence-electron chi connectivity index (χ4n) is 2.48. The van der Waals surface area contributed by atoms with Crippen LogP contribution in [-0.2, 0) is 4.79 Å². The van der Waals surface area contributed by atoms with Gasteiger partial charge in [-0.2, -0.15) is 18.3 Å². The molecule has 2 aromatic heterocycles. The maximum Gasteiger partial charge on any atom is 0.490 e. The largest absolute Gasteiger partial charge is 0.490 e. The third-order valence-electron chi connectivity index (χ3n) is 4.01. The molecule has 2 aromatic carbocycles. The number of halogens is 3. The molecule has 0 radical (unpaired) electrons. The minimum absolute atomic E-state index is 0.0752. The number of hydrogen-bond donors (Lipinski definition) is 3. The molecule has 0 bridgehead atoms. The molecule has 2 heterocycles. The maximum absolute atomic E-state index is 11.0. The highest BCUT2D eigenvalue weighted by atomic mass is 19.4. The summed E-state index contributed by atoms with van der Waals surface area (Å²) in [5.41, 5.74) is 2.83. The average Bonchev–Trinajstić information content (AvgIpc) is 3.47. The van der Waals surface area contributed by atoms with Gasteiger partial charge in [0.25, 0.3) is 5.88 Å². The highest BCUT2D eigenvalue weighted by Crippen LogP contribution is 2.26. The number of rotatable bonds is 5. The van der Waals surface area contributed by atoms with E-state index >= 15 is 0 Å². The Hall–Kier alpha value is -4.68. The van der Waals surface area contributed by atoms with Crippen LogP contribution in [0.15, 0.2) is 67.0 Å². The number of ether oxygens (including phenoxy) is 1. The summed E-state index contributed by atoms with van der Waals surface area (Å²) in [6.45, 7) is 0. The number of carboxylic acid groups (broad SMARTS) is 2. The highest BCUT2D eigenvalue weighted by Gasteiger charge is 2.38. The molecule has 0 saturated carbocycles. The van der Waals surface area contributed by atoms with Crippen molar-refractivity contribution in [3.63, 3.8) is 0 Å². The van der Waals surface area contributed by atoms with Crippen LogP contribution in [-0.4, -0.2) is 53.5 Å². The molecule has 0 atom stereocenters. The van der Waals surface area contributed by atoms with Crippen molar-refractivity contribution in [3.05, 3.63) is 72.7 Å². The summed E-state index contributed by atoms with van der Waals surface area (Å²) in [7, 11) is 0. The lowest BCUT2D eigenvalue weighted by molar-refractivity contribution is -0.192. The van der Waals surface area contributed by atoms with Gasteiger partial charge < -0.3 is 14.9 Å². The van der Waals surface area contributed by atoms with Crippen LogP contribution in [0.1, 0.15) is 10.5 Å². The number of aromatic carboxylic acids is 1. The topological polar surface area (TPSA) is 143 Å². The number of aliphatic carboxylic acids is 1. The van der Waals surface area contributed by atoms with Crippen molar-refractivity contribution in [2.24, 2.45) is 0 Å². The number of carboxylic acids is 2. The molecular formula is C20H14F3N5O5. The molecular weight excluding hydrogens is 447 g/mol. The predicted octanol–water partition coefficient (Wildman–Crippen LogP) is 3.78. The Morgan fingerprint density at radius 3 is 2.03 bits per heavy atom. The first-order valence-corrected chi connectivity index (χ1v) is 8.98. The Kier molecular flexibility index (Phi) is 6.71. The zero-order valence-corrected chi connectivity index (χ0v) is 16.4. The number of nitrogens with zero attached hydrogens (tertiary/aromatic N) is 4. The van der Waals surface area contributed by atoms with E-state index in [4.69, 9.17) is 19.7 Å². The van der Waals surface area contributed by atoms with Crippen molar-refractivity contribution in [2.45, 2.75) is 6.18 Å². The van der Waals surface area contributed by atoms with Crippen LogP contribution >= 0.6 is 0 Å². The SMILES string of the molecule is O=C(O)C(F)(F)F.O=C(O)c1[nH]nnc1Oc1ccc(-c2ccc(-n3cccn3)cc2)cc1. The normalized spacial score (nSPS) is 10.8. The second kappa shape index (κ2) is 9.64. The zero-order valence-electron chi connectivity index (χ0n) is 16.4. The van der Waals surface area contributed by atoms with Gasteiger partial charge in [0.1, 0.15) is 5.75 Å². The molecule has 0 aliphatic rings. The van der Waals surface area contributed by atoms with Gasteiger partial charge >= 0.3 is 18.1 Å². The van der Waals surface area contributed by atoms with Gasteiger partial charge in [0.15, 0.2) is 0 Å². The summed E-state index contributed by atoms with van der Waals surface area (Å²) in [4.78, 5) is 19.9. The Morgan fingerprint density at radius 2 is 1.55 bits per heavy atom. The van der Waals surface area contributed by atoms with Crippen LogP contribution < -0.4 is 4.74 Å². The Morgan fingerprint density at radius 1 is 0.970 bits per heavy atom. The molecule has 4 aromatic rings. The number of H-pyrrole nitrogens is 1. The third-order valence-corrected chi connectivity index (χ3v) is 4.01. The van der Waals surface area contributed by atoms with E-state index in [0.29, 0.717) is 5.75 Å². The van der Waals surface area contributed by atoms with Crippen LogP contribution in [0, 0.1) is 0 Å². The molecule has 0 amide bonds. The van der Waals surface area contributed by atoms with Gasteiger partial charge in [0.05, 0.1) is 5.69 Å². The lowest BCUT2D eigenvalue weighted by atomic mass is 10.1. The van der Waals surface area contributed by atoms with Gasteiger partial charge in [0, 0.05) is 12.4 Å². The fraction of sp³-hybridized carbons (Fsp3) is 0.0500. The second-order valence-electron chi connectivity index (χ2n) is 6.22. The van der Waals surface area contributed by atoms with Crippen molar-refractivity contribution in [2.75, 3.05) is 0 Å². The summed E-state index contributed by atoms with van der Waals surface area (Å²) >= 11 is 0. The van der Waals surface area contributed by atoms with Gasteiger partial charge in [-0.05, 0) is 41.5 Å². The molecule has 33 heavy (non-hydrogen) atoms. The second-order valence-corrected chi connectivity index (χ2v) is 6.22. The van der Waals surface area contributed by atoms with Gasteiger partial charge in [-0.25, -0.2) is 19.4 Å². The van der Waals surface area contributed by atoms with Crippen LogP contribution in [0.2, 0.25) is 0 Å². The van der Waals surface area contributed by atoms with Crippen molar-refractivity contribution in [1.29, 1.82) is 0 Å². The smallest absolute Gasteiger partial charge is 0.476 e. The molecule has 0 aliphatic carbocycles. The molecule has 0 spiro atoms. The van der Waals surface area contributed by atoms with E-state index in [1.54, 1.807) is 23.0 Å². The molecule has 0 aliphatic heterocycles. The van der Waals surface area contributed by atoms with Crippen LogP contribution in [0.5, 0.6) is 11.6 Å². The first-order valence-electron chi connectivity index (χ1n) is 8.98. The third kappa shape index (κ3) is 5.94. The molecule has 10 nitrogen and oxygen atoms in total. The summed E-state index contributed by atoms with van der Waals surface area (Å²) in [5, 5.41) is 29.7. The minimum atomic E-state index is -5.08. The highest BCUT2D eigenvalue weighted by molar-refractivity contribution is 5.87. The number of nitrogens with one attached hydrogen (secondary N) is 1. The van der Waals surface area contributed by atoms with Gasteiger partial charge in [-0.15, -0.1) is 0 Å². The van der Waals surface area contributed by atoms with Crippen LogP contribution in [0.4, 0.5) is 13.2 Å². The Balaban J connectivity index is 0.000000383. The maximum atomic E-state index is 11.0. The van der Waals surface area contributed by atoms with Crippen molar-refractivity contribution in [1.82, 2.24) is 25.2 Å². The molecule has 0 unspecified atom stereocenters. The Bertz CT molecular complexity index is 1220.